The Labute approximate surface area is 261 Å². The van der Waals surface area contributed by atoms with Crippen LogP contribution < -0.4 is 11.1 Å². The van der Waals surface area contributed by atoms with Crippen molar-refractivity contribution in [1.82, 2.24) is 40.3 Å². The van der Waals surface area contributed by atoms with Gasteiger partial charge in [-0.15, -0.1) is 28.2 Å². The Morgan fingerprint density at radius 1 is 1.30 bits per heavy atom. The largest absolute Gasteiger partial charge is 0.425 e. The van der Waals surface area contributed by atoms with Crippen molar-refractivity contribution >= 4 is 63.7 Å². The number of ether oxygens (including phenoxy) is 2. The van der Waals surface area contributed by atoms with Gasteiger partial charge in [0.15, 0.2) is 5.13 Å². The van der Waals surface area contributed by atoms with E-state index >= 15 is 0 Å². The van der Waals surface area contributed by atoms with Crippen LogP contribution in [0, 0.1) is 0 Å². The van der Waals surface area contributed by atoms with E-state index in [1.165, 1.54) is 46.7 Å². The van der Waals surface area contributed by atoms with E-state index in [0.717, 1.165) is 13.0 Å². The molecule has 4 heterocycles. The van der Waals surface area contributed by atoms with Crippen LogP contribution in [0.1, 0.15) is 38.8 Å². The number of nitrogen functional groups attached to an aromatic ring is 1. The number of likely N-dealkylation sites (N-methyl/N-ethyl adjacent to an activating group) is 1. The molecule has 0 saturated carbocycles. The van der Waals surface area contributed by atoms with Crippen LogP contribution in [0.2, 0.25) is 0 Å². The Hall–Kier alpha value is -3.22. The zero-order chi connectivity index (χ0) is 31.1. The van der Waals surface area contributed by atoms with Gasteiger partial charge in [0.25, 0.3) is 5.91 Å². The molecule has 0 aliphatic carbocycles. The second kappa shape index (κ2) is 15.0. The number of β-lactam (4-membered cyclic amide) rings is 1. The fraction of sp³-hybridized carbons (Fsp3) is 0.600. The zero-order valence-corrected chi connectivity index (χ0v) is 26.8. The fourth-order valence-corrected chi connectivity index (χ4v) is 7.21. The molecule has 2 aliphatic heterocycles. The van der Waals surface area contributed by atoms with Crippen molar-refractivity contribution in [3.8, 4) is 0 Å². The van der Waals surface area contributed by atoms with Gasteiger partial charge in [-0.2, -0.15) is 0 Å². The summed E-state index contributed by atoms with van der Waals surface area (Å²) in [4.78, 5) is 59.0. The van der Waals surface area contributed by atoms with Gasteiger partial charge in [-0.25, -0.2) is 14.5 Å². The maximum atomic E-state index is 13.5. The van der Waals surface area contributed by atoms with E-state index < -0.39 is 35.6 Å². The van der Waals surface area contributed by atoms with Gasteiger partial charge in [-0.05, 0) is 36.5 Å². The Morgan fingerprint density at radius 2 is 2.09 bits per heavy atom. The zero-order valence-electron chi connectivity index (χ0n) is 24.3. The number of rotatable bonds is 15. The molecule has 3 N–H and O–H groups in total. The molecular weight excluding hydrogens is 619 g/mol. The summed E-state index contributed by atoms with van der Waals surface area (Å²) in [6, 6.07) is -0.826. The molecule has 4 rings (SSSR count). The number of carbonyl (C=O) groups is 4. The molecule has 234 valence electrons. The topological polar surface area (TPSA) is 188 Å². The smallest absolute Gasteiger partial charge is 0.358 e. The number of anilines is 1. The van der Waals surface area contributed by atoms with Crippen molar-refractivity contribution in [3.05, 3.63) is 22.3 Å². The van der Waals surface area contributed by atoms with E-state index in [1.807, 2.05) is 25.9 Å². The van der Waals surface area contributed by atoms with Crippen LogP contribution in [0.15, 0.2) is 21.8 Å². The number of nitrogens with one attached hydrogen (secondary N) is 1. The van der Waals surface area contributed by atoms with Crippen molar-refractivity contribution < 1.29 is 28.7 Å². The highest BCUT2D eigenvalue weighted by Gasteiger charge is 2.54. The molecule has 0 spiro atoms. The first-order valence-electron chi connectivity index (χ1n) is 13.7. The average molecular weight is 654 g/mol. The van der Waals surface area contributed by atoms with Crippen LogP contribution in [0.5, 0.6) is 0 Å². The predicted octanol–water partition coefficient (Wildman–Crippen LogP) is 0.885. The Bertz CT molecular complexity index is 1360. The summed E-state index contributed by atoms with van der Waals surface area (Å²) in [6.07, 6.45) is 0.516. The SMILES string of the molecule is CCCCC(=O)OC(C)OC(=O)C1=C(CSc2nnnn2CCN(C)C)CS[C@@H]2[C@H](NC(=O)Cc3csc(N)n3)C(=O)N12. The van der Waals surface area contributed by atoms with Crippen LogP contribution in [-0.2, 0) is 41.6 Å². The first-order valence-corrected chi connectivity index (χ1v) is 16.6. The van der Waals surface area contributed by atoms with Gasteiger partial charge < -0.3 is 25.4 Å². The molecular formula is C25H35N9O6S3. The summed E-state index contributed by atoms with van der Waals surface area (Å²) >= 11 is 3.99. The minimum absolute atomic E-state index is 0.0229. The second-order valence-corrected chi connectivity index (χ2v) is 13.0. The molecule has 0 aromatic carbocycles. The summed E-state index contributed by atoms with van der Waals surface area (Å²) < 4.78 is 12.4. The van der Waals surface area contributed by atoms with Crippen LogP contribution in [0.4, 0.5) is 5.13 Å². The molecule has 1 saturated heterocycles. The number of aromatic nitrogens is 5. The van der Waals surface area contributed by atoms with Crippen LogP contribution >= 0.6 is 34.9 Å². The van der Waals surface area contributed by atoms with Crippen molar-refractivity contribution in [3.63, 3.8) is 0 Å². The number of nitrogens with two attached hydrogens (primary N) is 1. The quantitative estimate of drug-likeness (QED) is 0.119. The number of thioether (sulfide) groups is 2. The lowest BCUT2D eigenvalue weighted by molar-refractivity contribution is -0.184. The average Bonchev–Trinajstić information content (AvgIpc) is 3.59. The highest BCUT2D eigenvalue weighted by Crippen LogP contribution is 2.42. The molecule has 2 aromatic rings. The number of carbonyl (C=O) groups excluding carboxylic acids is 4. The van der Waals surface area contributed by atoms with Crippen molar-refractivity contribution in [1.29, 1.82) is 0 Å². The van der Waals surface area contributed by atoms with Crippen LogP contribution in [0.3, 0.4) is 0 Å². The maximum absolute atomic E-state index is 13.5. The molecule has 43 heavy (non-hydrogen) atoms. The molecule has 0 radical (unpaired) electrons. The van der Waals surface area contributed by atoms with Gasteiger partial charge in [-0.1, -0.05) is 25.1 Å². The summed E-state index contributed by atoms with van der Waals surface area (Å²) in [7, 11) is 3.90. The van der Waals surface area contributed by atoms with Gasteiger partial charge in [0.2, 0.25) is 17.4 Å². The number of nitrogens with zero attached hydrogens (tertiary/aromatic N) is 7. The monoisotopic (exact) mass is 653 g/mol. The number of amides is 2. The van der Waals surface area contributed by atoms with E-state index in [-0.39, 0.29) is 24.4 Å². The first kappa shape index (κ1) is 32.7. The standard InChI is InChI=1S/C25H35N9O6S3/c1-5-6-7-18(36)39-14(2)40-23(38)20-15(12-43-25-29-30-31-33(25)9-8-32(3)4)11-41-22-19(21(37)34(20)22)28-17(35)10-16-13-42-24(26)27-16/h13-14,19,22H,5-12H2,1-4H3,(H2,26,27)(H,28,35)/t14?,19-,22-/m1/s1. The van der Waals surface area contributed by atoms with Crippen LogP contribution in [-0.4, -0.2) is 109 Å². The van der Waals surface area contributed by atoms with Crippen LogP contribution in [0.25, 0.3) is 0 Å². The summed E-state index contributed by atoms with van der Waals surface area (Å²) in [5.41, 5.74) is 6.87. The molecule has 1 unspecified atom stereocenters. The van der Waals surface area contributed by atoms with Gasteiger partial charge in [0, 0.05) is 36.8 Å². The van der Waals surface area contributed by atoms with E-state index in [2.05, 4.69) is 25.8 Å². The summed E-state index contributed by atoms with van der Waals surface area (Å²) in [5, 5.41) is 16.8. The van der Waals surface area contributed by atoms with Gasteiger partial charge in [0.05, 0.1) is 18.7 Å². The third-order valence-corrected chi connectivity index (χ3v) is 9.51. The maximum Gasteiger partial charge on any atom is 0.358 e. The number of hydrogen-bond acceptors (Lipinski definition) is 15. The van der Waals surface area contributed by atoms with Crippen molar-refractivity contribution in [2.45, 2.75) is 68.9 Å². The fourth-order valence-electron chi connectivity index (χ4n) is 4.26. The first-order chi connectivity index (χ1) is 20.6. The summed E-state index contributed by atoms with van der Waals surface area (Å²) in [6.45, 7) is 4.72. The number of fused-ring (bicyclic) bond motifs is 1. The van der Waals surface area contributed by atoms with E-state index in [9.17, 15) is 19.2 Å². The predicted molar refractivity (Wildman–Crippen MR) is 161 cm³/mol. The van der Waals surface area contributed by atoms with E-state index in [4.69, 9.17) is 15.2 Å². The number of tetrazole rings is 1. The number of unbranched alkanes of at least 4 members (excludes halogenated alkanes) is 1. The lowest BCUT2D eigenvalue weighted by Gasteiger charge is -2.49. The van der Waals surface area contributed by atoms with Crippen molar-refractivity contribution in [2.24, 2.45) is 0 Å². The molecule has 2 aliphatic rings. The summed E-state index contributed by atoms with van der Waals surface area (Å²) in [5.74, 6) is -1.39. The lowest BCUT2D eigenvalue weighted by atomic mass is 10.0. The number of hydrogen-bond donors (Lipinski definition) is 2. The minimum atomic E-state index is -1.15. The molecule has 1 fully saturated rings. The molecule has 0 bridgehead atoms. The van der Waals surface area contributed by atoms with Gasteiger partial charge >= 0.3 is 11.9 Å². The number of thiazole rings is 1. The third kappa shape index (κ3) is 8.45. The molecule has 15 nitrogen and oxygen atoms in total. The molecule has 2 aromatic heterocycles. The van der Waals surface area contributed by atoms with Gasteiger partial charge in [-0.3, -0.25) is 19.3 Å². The third-order valence-electron chi connectivity index (χ3n) is 6.41. The molecule has 3 atom stereocenters. The Balaban J connectivity index is 1.48. The molecule has 2 amide bonds. The highest BCUT2D eigenvalue weighted by atomic mass is 32.2. The van der Waals surface area contributed by atoms with Gasteiger partial charge in [0.1, 0.15) is 17.1 Å². The van der Waals surface area contributed by atoms with E-state index in [1.54, 1.807) is 10.1 Å². The lowest BCUT2D eigenvalue weighted by Crippen LogP contribution is -2.70. The minimum Gasteiger partial charge on any atom is -0.425 e. The molecule has 18 heteroatoms. The normalized spacial score (nSPS) is 18.7. The number of esters is 2. The Morgan fingerprint density at radius 3 is 2.79 bits per heavy atom. The highest BCUT2D eigenvalue weighted by molar-refractivity contribution is 8.01. The second-order valence-electron chi connectivity index (χ2n) is 10.1. The Kier molecular flexibility index (Phi) is 11.4. The van der Waals surface area contributed by atoms with Crippen molar-refractivity contribution in [2.75, 3.05) is 37.9 Å². The van der Waals surface area contributed by atoms with E-state index in [0.29, 0.717) is 46.0 Å².